The number of phosphoric acid groups is 1. The maximum absolute atomic E-state index is 12.9. The maximum atomic E-state index is 12.9. The molecule has 4 N–H and O–H groups in total. The average Bonchev–Trinajstić information content (AvgIpc) is 3.19. The van der Waals surface area contributed by atoms with Gasteiger partial charge in [0.2, 0.25) is 5.91 Å². The summed E-state index contributed by atoms with van der Waals surface area (Å²) in [6.45, 7) is 4.55. The van der Waals surface area contributed by atoms with Gasteiger partial charge in [-0.25, -0.2) is 4.57 Å². The first kappa shape index (κ1) is 57.4. The molecule has 0 spiro atoms. The highest BCUT2D eigenvalue weighted by molar-refractivity contribution is 7.47. The molecule has 0 saturated carbocycles. The molecular weight excluding hydrogens is 760 g/mol. The number of phosphoric ester groups is 1. The fourth-order valence-electron chi connectivity index (χ4n) is 6.74. The number of rotatable bonds is 43. The van der Waals surface area contributed by atoms with E-state index in [4.69, 9.17) is 9.05 Å². The lowest BCUT2D eigenvalue weighted by Crippen LogP contribution is -2.51. The minimum Gasteiger partial charge on any atom is -0.390 e. The molecule has 0 radical (unpaired) electrons. The summed E-state index contributed by atoms with van der Waals surface area (Å²) in [5, 5.41) is 24.7. The van der Waals surface area contributed by atoms with E-state index in [0.717, 1.165) is 51.4 Å². The molecule has 0 bridgehead atoms. The molecule has 0 rings (SSSR count). The van der Waals surface area contributed by atoms with Crippen LogP contribution < -0.4 is 5.32 Å². The van der Waals surface area contributed by atoms with Crippen molar-refractivity contribution in [3.8, 4) is 0 Å². The van der Waals surface area contributed by atoms with Gasteiger partial charge in [0, 0.05) is 6.42 Å². The molecule has 4 unspecified atom stereocenters. The molecule has 0 aromatic heterocycles. The third-order valence-electron chi connectivity index (χ3n) is 10.6. The first-order valence-corrected chi connectivity index (χ1v) is 25.6. The van der Waals surface area contributed by atoms with Crippen LogP contribution in [-0.4, -0.2) is 84.6 Å². The zero-order valence-corrected chi connectivity index (χ0v) is 39.7. The summed E-state index contributed by atoms with van der Waals surface area (Å²) in [5.41, 5.74) is 0. The molecule has 0 aliphatic heterocycles. The molecular formula is C49H94N2O7P+. The fraction of sp³-hybridized carbons (Fsp3) is 0.816. The number of hydrogen-bond acceptors (Lipinski definition) is 6. The van der Waals surface area contributed by atoms with Crippen LogP contribution in [0.25, 0.3) is 0 Å². The number of aliphatic hydroxyl groups excluding tert-OH is 2. The lowest BCUT2D eigenvalue weighted by molar-refractivity contribution is -0.870. The predicted molar refractivity (Wildman–Crippen MR) is 250 cm³/mol. The maximum Gasteiger partial charge on any atom is 0.472 e. The van der Waals surface area contributed by atoms with E-state index in [-0.39, 0.29) is 18.9 Å². The van der Waals surface area contributed by atoms with Crippen molar-refractivity contribution < 1.29 is 38.0 Å². The number of nitrogens with zero attached hydrogens (tertiary/aromatic N) is 1. The molecule has 10 heteroatoms. The smallest absolute Gasteiger partial charge is 0.390 e. The van der Waals surface area contributed by atoms with E-state index in [1.54, 1.807) is 0 Å². The molecule has 0 aliphatic carbocycles. The zero-order valence-electron chi connectivity index (χ0n) is 38.8. The monoisotopic (exact) mass is 854 g/mol. The normalized spacial score (nSPS) is 15.2. The Morgan fingerprint density at radius 2 is 1.00 bits per heavy atom. The minimum absolute atomic E-state index is 0.0132. The summed E-state index contributed by atoms with van der Waals surface area (Å²) >= 11 is 0. The number of hydrogen-bond donors (Lipinski definition) is 4. The third kappa shape index (κ3) is 41.5. The number of carbonyl (C=O) groups is 1. The van der Waals surface area contributed by atoms with Crippen LogP contribution in [0.5, 0.6) is 0 Å². The van der Waals surface area contributed by atoms with E-state index in [2.05, 4.69) is 67.8 Å². The van der Waals surface area contributed by atoms with Crippen molar-refractivity contribution in [2.45, 2.75) is 218 Å². The van der Waals surface area contributed by atoms with Gasteiger partial charge in [0.15, 0.2) is 0 Å². The Morgan fingerprint density at radius 1 is 0.593 bits per heavy atom. The van der Waals surface area contributed by atoms with E-state index in [1.807, 2.05) is 21.1 Å². The summed E-state index contributed by atoms with van der Waals surface area (Å²) in [4.78, 5) is 23.2. The number of amides is 1. The highest BCUT2D eigenvalue weighted by Crippen LogP contribution is 2.43. The summed E-state index contributed by atoms with van der Waals surface area (Å²) in [6, 6.07) is -1.05. The number of nitrogens with one attached hydrogen (secondary N) is 1. The van der Waals surface area contributed by atoms with E-state index in [1.165, 1.54) is 109 Å². The highest BCUT2D eigenvalue weighted by atomic mass is 31.2. The van der Waals surface area contributed by atoms with Gasteiger partial charge in [0.25, 0.3) is 0 Å². The van der Waals surface area contributed by atoms with E-state index >= 15 is 0 Å². The molecule has 9 nitrogen and oxygen atoms in total. The number of allylic oxidation sites excluding steroid dienone is 8. The van der Waals surface area contributed by atoms with Gasteiger partial charge in [-0.05, 0) is 77.0 Å². The van der Waals surface area contributed by atoms with Gasteiger partial charge >= 0.3 is 7.82 Å². The number of carbonyl (C=O) groups excluding carboxylic acids is 1. The Balaban J connectivity index is 4.42. The predicted octanol–water partition coefficient (Wildman–Crippen LogP) is 12.6. The first-order valence-electron chi connectivity index (χ1n) is 24.1. The number of quaternary nitrogens is 1. The van der Waals surface area contributed by atoms with Crippen molar-refractivity contribution in [3.63, 3.8) is 0 Å². The topological polar surface area (TPSA) is 125 Å². The molecule has 0 heterocycles. The largest absolute Gasteiger partial charge is 0.472 e. The first-order chi connectivity index (χ1) is 28.4. The molecule has 0 aromatic carbocycles. The quantitative estimate of drug-likeness (QED) is 0.0208. The molecule has 0 aliphatic rings. The van der Waals surface area contributed by atoms with Gasteiger partial charge in [0.1, 0.15) is 19.3 Å². The number of unbranched alkanes of at least 4 members (excludes halogenated alkanes) is 21. The van der Waals surface area contributed by atoms with Gasteiger partial charge in [-0.3, -0.25) is 13.8 Å². The van der Waals surface area contributed by atoms with E-state index in [9.17, 15) is 24.5 Å². The SMILES string of the molecule is CCCCCCC/C=C\C/C=C\C/C=C\CCCCCCCCCCC(=O)NC(COP(=O)(O)OCC[N+](C)(C)C)C(O)C(O)CCC/C=C/CCCCCCCCC. The Kier molecular flexibility index (Phi) is 39.4. The second-order valence-corrected chi connectivity index (χ2v) is 19.1. The van der Waals surface area contributed by atoms with Crippen LogP contribution in [-0.2, 0) is 18.4 Å². The average molecular weight is 854 g/mol. The van der Waals surface area contributed by atoms with Crippen molar-refractivity contribution in [3.05, 3.63) is 48.6 Å². The second-order valence-electron chi connectivity index (χ2n) is 17.6. The molecule has 59 heavy (non-hydrogen) atoms. The molecule has 346 valence electrons. The fourth-order valence-corrected chi connectivity index (χ4v) is 7.47. The Bertz CT molecular complexity index is 1120. The summed E-state index contributed by atoms with van der Waals surface area (Å²) in [5.74, 6) is -0.277. The standard InChI is InChI=1S/C49H93N2O7P/c1-6-8-10-12-14-16-18-20-21-22-23-24-25-26-27-28-29-30-32-34-36-38-40-42-48(53)50-46(45-58-59(55,56)57-44-43-51(3,4)5)49(54)47(52)41-39-37-35-33-31-19-17-15-13-11-9-7-2/h18,20,22-23,25-26,33,35,46-47,49,52,54H,6-17,19,21,24,27-32,34,36-45H2,1-5H3,(H-,50,53,55,56)/p+1/b20-18-,23-22-,26-25-,35-33+. The van der Waals surface area contributed by atoms with Crippen LogP contribution in [0.4, 0.5) is 0 Å². The molecule has 0 fully saturated rings. The van der Waals surface area contributed by atoms with Crippen molar-refractivity contribution in [1.29, 1.82) is 0 Å². The third-order valence-corrected chi connectivity index (χ3v) is 11.6. The molecule has 0 aromatic rings. The zero-order chi connectivity index (χ0) is 43.7. The van der Waals surface area contributed by atoms with Crippen molar-refractivity contribution in [2.75, 3.05) is 40.9 Å². The van der Waals surface area contributed by atoms with E-state index < -0.39 is 32.7 Å². The molecule has 0 saturated heterocycles. The summed E-state index contributed by atoms with van der Waals surface area (Å²) in [7, 11) is 1.41. The lowest BCUT2D eigenvalue weighted by atomic mass is 10.0. The van der Waals surface area contributed by atoms with E-state index in [0.29, 0.717) is 30.3 Å². The lowest BCUT2D eigenvalue weighted by Gasteiger charge is -2.28. The van der Waals surface area contributed by atoms with Crippen molar-refractivity contribution >= 4 is 13.7 Å². The Morgan fingerprint density at radius 3 is 1.47 bits per heavy atom. The van der Waals surface area contributed by atoms with Gasteiger partial charge < -0.3 is 24.9 Å². The summed E-state index contributed by atoms with van der Waals surface area (Å²) in [6.07, 6.45) is 47.5. The molecule has 4 atom stereocenters. The van der Waals surface area contributed by atoms with Crippen molar-refractivity contribution in [2.24, 2.45) is 0 Å². The summed E-state index contributed by atoms with van der Waals surface area (Å²) < 4.78 is 23.5. The van der Waals surface area contributed by atoms with Crippen LogP contribution in [0.1, 0.15) is 200 Å². The van der Waals surface area contributed by atoms with Crippen molar-refractivity contribution in [1.82, 2.24) is 5.32 Å². The highest BCUT2D eigenvalue weighted by Gasteiger charge is 2.31. The van der Waals surface area contributed by atoms with Gasteiger partial charge in [-0.1, -0.05) is 165 Å². The second kappa shape index (κ2) is 40.5. The number of aliphatic hydroxyl groups is 2. The minimum atomic E-state index is -4.43. The van der Waals surface area contributed by atoms with Crippen LogP contribution in [0.2, 0.25) is 0 Å². The van der Waals surface area contributed by atoms with Crippen LogP contribution in [0.3, 0.4) is 0 Å². The van der Waals surface area contributed by atoms with Gasteiger partial charge in [-0.15, -0.1) is 0 Å². The molecule has 1 amide bonds. The van der Waals surface area contributed by atoms with Crippen LogP contribution >= 0.6 is 7.82 Å². The Labute approximate surface area is 363 Å². The van der Waals surface area contributed by atoms with Crippen LogP contribution in [0.15, 0.2) is 48.6 Å². The van der Waals surface area contributed by atoms with Gasteiger partial charge in [-0.2, -0.15) is 0 Å². The number of likely N-dealkylation sites (N-methyl/N-ethyl adjacent to an activating group) is 1. The Hall–Kier alpha value is -1.58. The van der Waals surface area contributed by atoms with Crippen LogP contribution in [0, 0.1) is 0 Å². The van der Waals surface area contributed by atoms with Gasteiger partial charge in [0.05, 0.1) is 39.9 Å².